The molecule has 0 saturated carbocycles. The number of carboxylic acids is 1. The van der Waals surface area contributed by atoms with Gasteiger partial charge in [-0.1, -0.05) is 11.6 Å². The first-order chi connectivity index (χ1) is 8.47. The van der Waals surface area contributed by atoms with Gasteiger partial charge in [-0.05, 0) is 24.6 Å². The summed E-state index contributed by atoms with van der Waals surface area (Å²) in [5.41, 5.74) is 0.940. The maximum absolute atomic E-state index is 11.8. The monoisotopic (exact) mass is 284 g/mol. The number of aromatic nitrogens is 1. The number of aromatic amines is 1. The number of aryl methyl sites for hydroxylation is 1. The lowest BCUT2D eigenvalue weighted by Gasteiger charge is -1.98. The van der Waals surface area contributed by atoms with Crippen molar-refractivity contribution in [2.75, 3.05) is 5.32 Å². The number of aromatic carboxylic acids is 1. The van der Waals surface area contributed by atoms with Crippen molar-refractivity contribution in [3.8, 4) is 0 Å². The topological polar surface area (TPSA) is 82.2 Å². The third-order valence-corrected chi connectivity index (χ3v) is 3.60. The molecule has 0 saturated heterocycles. The number of thiophene rings is 1. The quantitative estimate of drug-likeness (QED) is 0.810. The van der Waals surface area contributed by atoms with E-state index in [1.165, 1.54) is 12.3 Å². The number of carbonyl (C=O) groups excluding carboxylic acids is 1. The normalized spacial score (nSPS) is 10.3. The van der Waals surface area contributed by atoms with E-state index in [0.717, 1.165) is 11.3 Å². The highest BCUT2D eigenvalue weighted by Crippen LogP contribution is 2.27. The summed E-state index contributed by atoms with van der Waals surface area (Å²) in [6.45, 7) is 1.68. The zero-order chi connectivity index (χ0) is 13.3. The summed E-state index contributed by atoms with van der Waals surface area (Å²) in [7, 11) is 0. The van der Waals surface area contributed by atoms with Crippen molar-refractivity contribution in [3.05, 3.63) is 39.5 Å². The summed E-state index contributed by atoms with van der Waals surface area (Å²) < 4.78 is 0. The molecule has 0 aromatic carbocycles. The van der Waals surface area contributed by atoms with Gasteiger partial charge in [-0.15, -0.1) is 11.3 Å². The second kappa shape index (κ2) is 4.83. The number of nitrogens with one attached hydrogen (secondary N) is 2. The fourth-order valence-electron chi connectivity index (χ4n) is 1.43. The van der Waals surface area contributed by atoms with Crippen LogP contribution in [0.4, 0.5) is 5.00 Å². The predicted molar refractivity (Wildman–Crippen MR) is 69.8 cm³/mol. The number of anilines is 1. The van der Waals surface area contributed by atoms with Crippen molar-refractivity contribution >= 4 is 39.8 Å². The lowest BCUT2D eigenvalue weighted by Crippen LogP contribution is -2.10. The van der Waals surface area contributed by atoms with Gasteiger partial charge >= 0.3 is 5.97 Å². The summed E-state index contributed by atoms with van der Waals surface area (Å²) in [6, 6.07) is 3.12. The molecule has 0 aliphatic heterocycles. The first-order valence-electron chi connectivity index (χ1n) is 4.96. The minimum absolute atomic E-state index is 0.217. The molecule has 0 aliphatic rings. The molecule has 3 N–H and O–H groups in total. The Kier molecular flexibility index (Phi) is 3.40. The van der Waals surface area contributed by atoms with Crippen LogP contribution in [-0.2, 0) is 0 Å². The number of carboxylic acid groups (broad SMARTS) is 1. The molecule has 5 nitrogen and oxygen atoms in total. The van der Waals surface area contributed by atoms with Crippen LogP contribution in [-0.4, -0.2) is 22.0 Å². The summed E-state index contributed by atoms with van der Waals surface area (Å²) >= 11 is 6.71. The van der Waals surface area contributed by atoms with Crippen LogP contribution < -0.4 is 5.32 Å². The molecule has 0 atom stereocenters. The summed E-state index contributed by atoms with van der Waals surface area (Å²) in [5, 5.41) is 12.4. The molecule has 0 fully saturated rings. The zero-order valence-electron chi connectivity index (χ0n) is 9.28. The van der Waals surface area contributed by atoms with Gasteiger partial charge in [0.25, 0.3) is 5.91 Å². The molecule has 2 heterocycles. The second-order valence-electron chi connectivity index (χ2n) is 3.61. The Balaban J connectivity index is 2.17. The van der Waals surface area contributed by atoms with Crippen molar-refractivity contribution in [1.82, 2.24) is 4.98 Å². The molecule has 0 bridgehead atoms. The fourth-order valence-corrected chi connectivity index (χ4v) is 2.50. The molecule has 0 unspecified atom stereocenters. The maximum atomic E-state index is 11.8. The van der Waals surface area contributed by atoms with E-state index in [1.807, 2.05) is 0 Å². The summed E-state index contributed by atoms with van der Waals surface area (Å²) in [4.78, 5) is 25.6. The highest BCUT2D eigenvalue weighted by molar-refractivity contribution is 7.18. The average Bonchev–Trinajstić information content (AvgIpc) is 2.85. The van der Waals surface area contributed by atoms with Crippen LogP contribution in [0.15, 0.2) is 18.3 Å². The Bertz CT molecular complexity index is 618. The number of hydrogen-bond donors (Lipinski definition) is 3. The molecule has 7 heteroatoms. The lowest BCUT2D eigenvalue weighted by molar-refractivity contribution is 0.0701. The second-order valence-corrected chi connectivity index (χ2v) is 5.10. The zero-order valence-corrected chi connectivity index (χ0v) is 10.9. The van der Waals surface area contributed by atoms with E-state index >= 15 is 0 Å². The summed E-state index contributed by atoms with van der Waals surface area (Å²) in [6.07, 6.45) is 1.50. The SMILES string of the molecule is Cc1cc(NC(=O)c2cc(Cl)c[nH]2)sc1C(=O)O. The van der Waals surface area contributed by atoms with Gasteiger partial charge in [-0.2, -0.15) is 0 Å². The molecule has 2 aromatic heterocycles. The van der Waals surface area contributed by atoms with Crippen molar-refractivity contribution in [2.24, 2.45) is 0 Å². The van der Waals surface area contributed by atoms with Crippen LogP contribution in [0.25, 0.3) is 0 Å². The van der Waals surface area contributed by atoms with Gasteiger partial charge in [-0.3, -0.25) is 4.79 Å². The van der Waals surface area contributed by atoms with Gasteiger partial charge in [0.2, 0.25) is 0 Å². The Hall–Kier alpha value is -1.79. The molecule has 0 radical (unpaired) electrons. The third-order valence-electron chi connectivity index (χ3n) is 2.24. The maximum Gasteiger partial charge on any atom is 0.346 e. The van der Waals surface area contributed by atoms with Crippen LogP contribution in [0.2, 0.25) is 5.02 Å². The van der Waals surface area contributed by atoms with E-state index < -0.39 is 5.97 Å². The van der Waals surface area contributed by atoms with Crippen molar-refractivity contribution in [2.45, 2.75) is 6.92 Å². The van der Waals surface area contributed by atoms with Crippen molar-refractivity contribution < 1.29 is 14.7 Å². The minimum Gasteiger partial charge on any atom is -0.477 e. The highest BCUT2D eigenvalue weighted by Gasteiger charge is 2.15. The standard InChI is InChI=1S/C11H9ClN2O3S/c1-5-2-8(18-9(5)11(16)17)14-10(15)7-3-6(12)4-13-7/h2-4,13H,1H3,(H,14,15)(H,16,17). The smallest absolute Gasteiger partial charge is 0.346 e. The van der Waals surface area contributed by atoms with Gasteiger partial charge in [-0.25, -0.2) is 4.79 Å². The number of amides is 1. The third kappa shape index (κ3) is 2.55. The minimum atomic E-state index is -0.999. The molecule has 18 heavy (non-hydrogen) atoms. The molecule has 0 aliphatic carbocycles. The number of H-pyrrole nitrogens is 1. The van der Waals surface area contributed by atoms with E-state index in [0.29, 0.717) is 21.3 Å². The lowest BCUT2D eigenvalue weighted by atomic mass is 10.3. The Morgan fingerprint density at radius 2 is 2.17 bits per heavy atom. The fraction of sp³-hybridized carbons (Fsp3) is 0.0909. The van der Waals surface area contributed by atoms with Crippen LogP contribution in [0.3, 0.4) is 0 Å². The van der Waals surface area contributed by atoms with E-state index in [2.05, 4.69) is 10.3 Å². The van der Waals surface area contributed by atoms with Gasteiger partial charge in [0.1, 0.15) is 10.6 Å². The number of halogens is 1. The van der Waals surface area contributed by atoms with E-state index in [4.69, 9.17) is 16.7 Å². The number of carbonyl (C=O) groups is 2. The highest BCUT2D eigenvalue weighted by atomic mass is 35.5. The first kappa shape index (κ1) is 12.7. The number of hydrogen-bond acceptors (Lipinski definition) is 3. The molecule has 2 aromatic rings. The molecular formula is C11H9ClN2O3S. The first-order valence-corrected chi connectivity index (χ1v) is 6.16. The van der Waals surface area contributed by atoms with Gasteiger partial charge in [0.15, 0.2) is 0 Å². The van der Waals surface area contributed by atoms with E-state index in [-0.39, 0.29) is 10.8 Å². The molecule has 0 spiro atoms. The predicted octanol–water partition coefficient (Wildman–Crippen LogP) is 2.99. The van der Waals surface area contributed by atoms with E-state index in [9.17, 15) is 9.59 Å². The Morgan fingerprint density at radius 1 is 1.44 bits per heavy atom. The van der Waals surface area contributed by atoms with Crippen LogP contribution in [0.1, 0.15) is 25.7 Å². The van der Waals surface area contributed by atoms with Gasteiger partial charge < -0.3 is 15.4 Å². The number of rotatable bonds is 3. The summed E-state index contributed by atoms with van der Waals surface area (Å²) in [5.74, 6) is -1.36. The van der Waals surface area contributed by atoms with Crippen LogP contribution >= 0.6 is 22.9 Å². The van der Waals surface area contributed by atoms with Crippen LogP contribution in [0, 0.1) is 6.92 Å². The largest absolute Gasteiger partial charge is 0.477 e. The van der Waals surface area contributed by atoms with Crippen LogP contribution in [0.5, 0.6) is 0 Å². The van der Waals surface area contributed by atoms with Gasteiger partial charge in [0.05, 0.1) is 10.0 Å². The molecule has 2 rings (SSSR count). The molecular weight excluding hydrogens is 276 g/mol. The van der Waals surface area contributed by atoms with Gasteiger partial charge in [0, 0.05) is 6.20 Å². The Labute approximate surface area is 111 Å². The van der Waals surface area contributed by atoms with Crippen molar-refractivity contribution in [3.63, 3.8) is 0 Å². The molecule has 1 amide bonds. The van der Waals surface area contributed by atoms with Crippen molar-refractivity contribution in [1.29, 1.82) is 0 Å². The van der Waals surface area contributed by atoms with E-state index in [1.54, 1.807) is 13.0 Å². The Morgan fingerprint density at radius 3 is 2.67 bits per heavy atom. The average molecular weight is 285 g/mol. The molecule has 94 valence electrons.